The van der Waals surface area contributed by atoms with Crippen molar-refractivity contribution in [2.45, 2.75) is 58.4 Å². The van der Waals surface area contributed by atoms with Crippen LogP contribution in [-0.2, 0) is 4.79 Å². The summed E-state index contributed by atoms with van der Waals surface area (Å²) in [5, 5.41) is 0. The molecule has 84 valence electrons. The molecule has 1 atom stereocenters. The minimum absolute atomic E-state index is 0.280. The molecule has 1 aliphatic rings. The zero-order valence-electron chi connectivity index (χ0n) is 9.88. The number of unbranched alkanes of at least 4 members (excludes halogenated alkanes) is 2. The number of likely N-dealkylation sites (tertiary alicyclic amines) is 1. The van der Waals surface area contributed by atoms with E-state index in [2.05, 4.69) is 25.7 Å². The van der Waals surface area contributed by atoms with Crippen LogP contribution < -0.4 is 0 Å². The van der Waals surface area contributed by atoms with Gasteiger partial charge >= 0.3 is 0 Å². The first-order chi connectivity index (χ1) is 7.29. The second-order valence-electron chi connectivity index (χ2n) is 4.13. The quantitative estimate of drug-likeness (QED) is 0.501. The van der Waals surface area contributed by atoms with Gasteiger partial charge in [0.2, 0.25) is 5.91 Å². The van der Waals surface area contributed by atoms with Crippen LogP contribution in [0.3, 0.4) is 0 Å². The van der Waals surface area contributed by atoms with Gasteiger partial charge in [0.05, 0.1) is 6.54 Å². The maximum absolute atomic E-state index is 11.3. The lowest BCUT2D eigenvalue weighted by Gasteiger charge is -2.39. The minimum Gasteiger partial charge on any atom is -0.328 e. The van der Waals surface area contributed by atoms with E-state index in [4.69, 9.17) is 0 Å². The lowest BCUT2D eigenvalue weighted by Crippen LogP contribution is -2.52. The molecule has 0 aromatic rings. The largest absolute Gasteiger partial charge is 0.328 e. The Kier molecular flexibility index (Phi) is 5.25. The second kappa shape index (κ2) is 6.50. The molecule has 2 nitrogen and oxygen atoms in total. The number of β-lactam (4-membered cyclic amide) rings is 1. The Morgan fingerprint density at radius 3 is 2.73 bits per heavy atom. The lowest BCUT2D eigenvalue weighted by molar-refractivity contribution is -0.145. The van der Waals surface area contributed by atoms with Crippen molar-refractivity contribution in [2.24, 2.45) is 0 Å². The van der Waals surface area contributed by atoms with Crippen molar-refractivity contribution in [3.63, 3.8) is 0 Å². The Hall–Kier alpha value is -0.970. The van der Waals surface area contributed by atoms with Crippen molar-refractivity contribution in [2.75, 3.05) is 6.54 Å². The third kappa shape index (κ3) is 3.58. The van der Waals surface area contributed by atoms with Crippen molar-refractivity contribution in [1.29, 1.82) is 0 Å². The summed E-state index contributed by atoms with van der Waals surface area (Å²) < 4.78 is 0. The van der Waals surface area contributed by atoms with E-state index in [0.717, 1.165) is 25.7 Å². The fourth-order valence-electron chi connectivity index (χ4n) is 1.79. The van der Waals surface area contributed by atoms with Crippen molar-refractivity contribution in [3.8, 4) is 11.8 Å². The first kappa shape index (κ1) is 12.1. The van der Waals surface area contributed by atoms with Gasteiger partial charge < -0.3 is 4.90 Å². The highest BCUT2D eigenvalue weighted by Crippen LogP contribution is 2.23. The topological polar surface area (TPSA) is 20.3 Å². The summed E-state index contributed by atoms with van der Waals surface area (Å²) in [5.74, 6) is 6.45. The Labute approximate surface area is 93.0 Å². The summed E-state index contributed by atoms with van der Waals surface area (Å²) in [6.07, 6.45) is 6.37. The van der Waals surface area contributed by atoms with Gasteiger partial charge in [0.25, 0.3) is 0 Å². The molecule has 1 aliphatic heterocycles. The number of carbonyl (C=O) groups excluding carboxylic acids is 1. The minimum atomic E-state index is 0.280. The molecule has 0 saturated carbocycles. The molecule has 0 bridgehead atoms. The zero-order chi connectivity index (χ0) is 11.1. The number of amides is 1. The van der Waals surface area contributed by atoms with Crippen molar-refractivity contribution < 1.29 is 4.79 Å². The smallest absolute Gasteiger partial charge is 0.225 e. The van der Waals surface area contributed by atoms with Gasteiger partial charge in [-0.05, 0) is 12.8 Å². The highest BCUT2D eigenvalue weighted by molar-refractivity contribution is 5.83. The maximum Gasteiger partial charge on any atom is 0.225 e. The molecule has 0 aromatic heterocycles. The van der Waals surface area contributed by atoms with E-state index in [9.17, 15) is 4.79 Å². The third-order valence-corrected chi connectivity index (χ3v) is 2.81. The Morgan fingerprint density at radius 1 is 1.33 bits per heavy atom. The van der Waals surface area contributed by atoms with Gasteiger partial charge in [0.15, 0.2) is 0 Å². The Bertz CT molecular complexity index is 261. The molecule has 1 unspecified atom stereocenters. The van der Waals surface area contributed by atoms with E-state index >= 15 is 0 Å². The van der Waals surface area contributed by atoms with Crippen molar-refractivity contribution in [3.05, 3.63) is 0 Å². The summed E-state index contributed by atoms with van der Waals surface area (Å²) in [7, 11) is 0. The Morgan fingerprint density at radius 2 is 2.13 bits per heavy atom. The van der Waals surface area contributed by atoms with Gasteiger partial charge in [-0.15, -0.1) is 5.92 Å². The molecule has 15 heavy (non-hydrogen) atoms. The lowest BCUT2D eigenvalue weighted by atomic mass is 9.96. The van der Waals surface area contributed by atoms with Crippen LogP contribution in [0.1, 0.15) is 52.4 Å². The molecule has 1 saturated heterocycles. The predicted octanol–water partition coefficient (Wildman–Crippen LogP) is 2.58. The van der Waals surface area contributed by atoms with Gasteiger partial charge in [-0.25, -0.2) is 0 Å². The number of hydrogen-bond donors (Lipinski definition) is 0. The summed E-state index contributed by atoms with van der Waals surface area (Å²) in [6, 6.07) is 0.480. The monoisotopic (exact) mass is 207 g/mol. The molecule has 0 radical (unpaired) electrons. The van der Waals surface area contributed by atoms with E-state index in [1.54, 1.807) is 0 Å². The summed E-state index contributed by atoms with van der Waals surface area (Å²) in [5.41, 5.74) is 0. The van der Waals surface area contributed by atoms with Crippen LogP contribution in [-0.4, -0.2) is 23.4 Å². The zero-order valence-corrected chi connectivity index (χ0v) is 9.88. The molecule has 0 N–H and O–H groups in total. The fourth-order valence-corrected chi connectivity index (χ4v) is 1.79. The normalized spacial score (nSPS) is 19.5. The molecular formula is C13H21NO. The number of rotatable bonds is 5. The predicted molar refractivity (Wildman–Crippen MR) is 62.3 cm³/mol. The van der Waals surface area contributed by atoms with Crippen LogP contribution in [0.5, 0.6) is 0 Å². The SMILES string of the molecule is CCCC#CCN1C(=O)CC1CCCC. The standard InChI is InChI=1S/C13H21NO/c1-3-5-7-8-10-14-12(9-6-4-2)11-13(14)15/h12H,3-6,9-11H2,1-2H3. The van der Waals surface area contributed by atoms with E-state index in [-0.39, 0.29) is 5.91 Å². The van der Waals surface area contributed by atoms with E-state index < -0.39 is 0 Å². The summed E-state index contributed by atoms with van der Waals surface area (Å²) in [4.78, 5) is 13.3. The summed E-state index contributed by atoms with van der Waals surface area (Å²) >= 11 is 0. The molecule has 1 fully saturated rings. The van der Waals surface area contributed by atoms with Crippen LogP contribution in [0.4, 0.5) is 0 Å². The molecule has 0 spiro atoms. The van der Waals surface area contributed by atoms with Crippen molar-refractivity contribution in [1.82, 2.24) is 4.90 Å². The van der Waals surface area contributed by atoms with Gasteiger partial charge in [0, 0.05) is 18.9 Å². The average Bonchev–Trinajstić information content (AvgIpc) is 2.23. The average molecular weight is 207 g/mol. The van der Waals surface area contributed by atoms with E-state index in [1.165, 1.54) is 12.8 Å². The number of nitrogens with zero attached hydrogens (tertiary/aromatic N) is 1. The van der Waals surface area contributed by atoms with E-state index in [0.29, 0.717) is 12.6 Å². The number of carbonyl (C=O) groups is 1. The van der Waals surface area contributed by atoms with Gasteiger partial charge in [-0.1, -0.05) is 32.6 Å². The van der Waals surface area contributed by atoms with Crippen LogP contribution in [0.2, 0.25) is 0 Å². The molecular weight excluding hydrogens is 186 g/mol. The van der Waals surface area contributed by atoms with Crippen LogP contribution in [0, 0.1) is 11.8 Å². The third-order valence-electron chi connectivity index (χ3n) is 2.81. The number of hydrogen-bond acceptors (Lipinski definition) is 1. The maximum atomic E-state index is 11.3. The molecule has 0 aliphatic carbocycles. The molecule has 1 rings (SSSR count). The van der Waals surface area contributed by atoms with Crippen molar-refractivity contribution >= 4 is 5.91 Å². The first-order valence-corrected chi connectivity index (χ1v) is 6.04. The molecule has 1 amide bonds. The van der Waals surface area contributed by atoms with Gasteiger partial charge in [-0.3, -0.25) is 4.79 Å². The summed E-state index contributed by atoms with van der Waals surface area (Å²) in [6.45, 7) is 4.95. The van der Waals surface area contributed by atoms with Gasteiger partial charge in [0.1, 0.15) is 0 Å². The highest BCUT2D eigenvalue weighted by Gasteiger charge is 2.34. The van der Waals surface area contributed by atoms with E-state index in [1.807, 2.05) is 4.90 Å². The van der Waals surface area contributed by atoms with Crippen LogP contribution in [0.25, 0.3) is 0 Å². The fraction of sp³-hybridized carbons (Fsp3) is 0.769. The molecule has 1 heterocycles. The Balaban J connectivity index is 2.26. The second-order valence-corrected chi connectivity index (χ2v) is 4.13. The molecule has 0 aromatic carbocycles. The highest BCUT2D eigenvalue weighted by atomic mass is 16.2. The van der Waals surface area contributed by atoms with Crippen LogP contribution >= 0.6 is 0 Å². The molecule has 2 heteroatoms. The first-order valence-electron chi connectivity index (χ1n) is 6.04. The van der Waals surface area contributed by atoms with Crippen LogP contribution in [0.15, 0.2) is 0 Å². The van der Waals surface area contributed by atoms with Gasteiger partial charge in [-0.2, -0.15) is 0 Å².